The lowest BCUT2D eigenvalue weighted by atomic mass is 10.0. The first-order valence-corrected chi connectivity index (χ1v) is 7.98. The number of ether oxygens (including phenoxy) is 2. The Labute approximate surface area is 149 Å². The van der Waals surface area contributed by atoms with Gasteiger partial charge in [-0.15, -0.1) is 0 Å². The topological polar surface area (TPSA) is 209 Å². The monoisotopic (exact) mass is 385 g/mol. The molecule has 12 nitrogen and oxygen atoms in total. The number of aliphatic hydroxyl groups is 8. The minimum absolute atomic E-state index is 0.584. The van der Waals surface area contributed by atoms with Crippen LogP contribution in [-0.2, 0) is 14.3 Å². The Morgan fingerprint density at radius 1 is 1.08 bits per heavy atom. The molecule has 154 valence electrons. The molecule has 1 aliphatic rings. The van der Waals surface area contributed by atoms with Crippen LogP contribution in [0.4, 0.5) is 0 Å². The van der Waals surface area contributed by atoms with Crippen molar-refractivity contribution in [3.8, 4) is 0 Å². The van der Waals surface area contributed by atoms with Gasteiger partial charge in [0, 0.05) is 6.92 Å². The van der Waals surface area contributed by atoms with E-state index in [1.807, 2.05) is 0 Å². The minimum atomic E-state index is -1.72. The van der Waals surface area contributed by atoms with Crippen molar-refractivity contribution in [1.29, 1.82) is 0 Å². The molecular formula is C14H27NO11. The molecule has 1 saturated heterocycles. The van der Waals surface area contributed by atoms with E-state index in [1.165, 1.54) is 0 Å². The number of rotatable bonds is 10. The van der Waals surface area contributed by atoms with Crippen LogP contribution in [0.25, 0.3) is 0 Å². The smallest absolute Gasteiger partial charge is 0.217 e. The van der Waals surface area contributed by atoms with Crippen molar-refractivity contribution in [3.05, 3.63) is 0 Å². The van der Waals surface area contributed by atoms with Crippen LogP contribution in [0.1, 0.15) is 6.92 Å². The van der Waals surface area contributed by atoms with Crippen LogP contribution in [0, 0.1) is 0 Å². The average molecular weight is 385 g/mol. The summed E-state index contributed by atoms with van der Waals surface area (Å²) in [6.45, 7) is -1.22. The van der Waals surface area contributed by atoms with Crippen LogP contribution < -0.4 is 5.32 Å². The molecule has 1 fully saturated rings. The second kappa shape index (κ2) is 10.4. The van der Waals surface area contributed by atoms with E-state index in [0.29, 0.717) is 0 Å². The van der Waals surface area contributed by atoms with E-state index in [1.54, 1.807) is 0 Å². The Balaban J connectivity index is 2.92. The average Bonchev–Trinajstić information content (AvgIpc) is 2.90. The van der Waals surface area contributed by atoms with Gasteiger partial charge in [-0.3, -0.25) is 4.79 Å². The first-order chi connectivity index (χ1) is 12.2. The normalized spacial score (nSPS) is 31.9. The molecule has 0 bridgehead atoms. The largest absolute Gasteiger partial charge is 0.394 e. The lowest BCUT2D eigenvalue weighted by molar-refractivity contribution is -0.241. The summed E-state index contributed by atoms with van der Waals surface area (Å²) in [6.07, 6.45) is -12.9. The molecule has 0 radical (unpaired) electrons. The number of nitrogens with one attached hydrogen (secondary N) is 1. The fraction of sp³-hybridized carbons (Fsp3) is 0.929. The third kappa shape index (κ3) is 5.53. The zero-order valence-electron chi connectivity index (χ0n) is 14.1. The van der Waals surface area contributed by atoms with Gasteiger partial charge < -0.3 is 55.6 Å². The van der Waals surface area contributed by atoms with Gasteiger partial charge in [0.15, 0.2) is 6.29 Å². The standard InChI is InChI=1S/C14H27NO11/c1-5(19)15-6(2-16)9(22)12(7(20)3-17)25-14-11(24)10(23)13(26-14)8(21)4-18/h6-14,16-18,20-24H,2-4H2,1H3,(H,15,19)/t6-,7+,8+,9+,10+,11+,12+,13-,14+/m0/s1. The first kappa shape index (κ1) is 23.1. The molecular weight excluding hydrogens is 358 g/mol. The molecule has 0 saturated carbocycles. The van der Waals surface area contributed by atoms with Crippen LogP contribution in [-0.4, -0.2) is 122 Å². The van der Waals surface area contributed by atoms with E-state index >= 15 is 0 Å². The van der Waals surface area contributed by atoms with Gasteiger partial charge in [-0.2, -0.15) is 0 Å². The van der Waals surface area contributed by atoms with Gasteiger partial charge in [-0.1, -0.05) is 0 Å². The van der Waals surface area contributed by atoms with E-state index in [2.05, 4.69) is 5.32 Å². The van der Waals surface area contributed by atoms with Gasteiger partial charge in [-0.05, 0) is 0 Å². The summed E-state index contributed by atoms with van der Waals surface area (Å²) in [6, 6.07) is -1.26. The molecule has 1 amide bonds. The number of hydrogen-bond acceptors (Lipinski definition) is 11. The summed E-state index contributed by atoms with van der Waals surface area (Å²) in [5, 5.41) is 79.2. The minimum Gasteiger partial charge on any atom is -0.394 e. The van der Waals surface area contributed by atoms with Gasteiger partial charge in [0.05, 0.1) is 25.9 Å². The lowest BCUT2D eigenvalue weighted by Gasteiger charge is -2.33. The van der Waals surface area contributed by atoms with Crippen molar-refractivity contribution < 1.29 is 55.1 Å². The molecule has 0 aliphatic carbocycles. The molecule has 1 rings (SSSR count). The van der Waals surface area contributed by atoms with Gasteiger partial charge in [0.1, 0.15) is 42.7 Å². The third-order valence-electron chi connectivity index (χ3n) is 4.01. The predicted molar refractivity (Wildman–Crippen MR) is 82.4 cm³/mol. The van der Waals surface area contributed by atoms with E-state index in [4.69, 9.17) is 19.7 Å². The highest BCUT2D eigenvalue weighted by Crippen LogP contribution is 2.27. The summed E-state index contributed by atoms with van der Waals surface area (Å²) in [4.78, 5) is 11.1. The maximum Gasteiger partial charge on any atom is 0.217 e. The highest BCUT2D eigenvalue weighted by molar-refractivity contribution is 5.73. The number of amides is 1. The van der Waals surface area contributed by atoms with E-state index < -0.39 is 80.8 Å². The van der Waals surface area contributed by atoms with Crippen molar-refractivity contribution in [2.45, 2.75) is 62.0 Å². The molecule has 0 aromatic heterocycles. The molecule has 12 heteroatoms. The zero-order valence-corrected chi connectivity index (χ0v) is 14.1. The van der Waals surface area contributed by atoms with Gasteiger partial charge >= 0.3 is 0 Å². The third-order valence-corrected chi connectivity index (χ3v) is 4.01. The van der Waals surface area contributed by atoms with Crippen molar-refractivity contribution in [1.82, 2.24) is 5.32 Å². The molecule has 0 aromatic rings. The second-order valence-corrected chi connectivity index (χ2v) is 6.03. The quantitative estimate of drug-likeness (QED) is 0.173. The van der Waals surface area contributed by atoms with Gasteiger partial charge in [-0.25, -0.2) is 0 Å². The van der Waals surface area contributed by atoms with Gasteiger partial charge in [0.25, 0.3) is 0 Å². The van der Waals surface area contributed by atoms with Crippen molar-refractivity contribution in [2.24, 2.45) is 0 Å². The molecule has 0 aromatic carbocycles. The Kier molecular flexibility index (Phi) is 9.26. The van der Waals surface area contributed by atoms with Crippen LogP contribution >= 0.6 is 0 Å². The van der Waals surface area contributed by atoms with Crippen molar-refractivity contribution in [3.63, 3.8) is 0 Å². The van der Waals surface area contributed by atoms with Crippen molar-refractivity contribution >= 4 is 5.91 Å². The lowest BCUT2D eigenvalue weighted by Crippen LogP contribution is -2.56. The molecule has 0 unspecified atom stereocenters. The fourth-order valence-electron chi connectivity index (χ4n) is 2.59. The second-order valence-electron chi connectivity index (χ2n) is 6.03. The van der Waals surface area contributed by atoms with Crippen LogP contribution in [0.15, 0.2) is 0 Å². The predicted octanol–water partition coefficient (Wildman–Crippen LogP) is -5.62. The number of carbonyl (C=O) groups excluding carboxylic acids is 1. The molecule has 0 spiro atoms. The Bertz CT molecular complexity index is 439. The SMILES string of the molecule is CC(=O)N[C@@H](CO)[C@@H](O)[C@H](O[C@@H]1O[C@@H]([C@H](O)CO)[C@H](O)[C@H]1O)[C@H](O)CO. The zero-order chi connectivity index (χ0) is 20.0. The molecule has 9 N–H and O–H groups in total. The summed E-state index contributed by atoms with van der Waals surface area (Å²) in [5.41, 5.74) is 0. The maximum atomic E-state index is 11.1. The van der Waals surface area contributed by atoms with Crippen LogP contribution in [0.5, 0.6) is 0 Å². The Hall–Kier alpha value is -0.930. The number of hydrogen-bond donors (Lipinski definition) is 9. The maximum absolute atomic E-state index is 11.1. The van der Waals surface area contributed by atoms with Gasteiger partial charge in [0.2, 0.25) is 5.91 Å². The first-order valence-electron chi connectivity index (χ1n) is 7.98. The van der Waals surface area contributed by atoms with E-state index in [9.17, 15) is 35.4 Å². The van der Waals surface area contributed by atoms with Crippen molar-refractivity contribution in [2.75, 3.05) is 19.8 Å². The highest BCUT2D eigenvalue weighted by atomic mass is 16.7. The molecule has 9 atom stereocenters. The van der Waals surface area contributed by atoms with E-state index in [-0.39, 0.29) is 0 Å². The molecule has 1 heterocycles. The van der Waals surface area contributed by atoms with Crippen LogP contribution in [0.2, 0.25) is 0 Å². The summed E-state index contributed by atoms with van der Waals surface area (Å²) < 4.78 is 10.4. The number of aliphatic hydroxyl groups excluding tert-OH is 8. The fourth-order valence-corrected chi connectivity index (χ4v) is 2.59. The Morgan fingerprint density at radius 3 is 2.15 bits per heavy atom. The van der Waals surface area contributed by atoms with E-state index in [0.717, 1.165) is 6.92 Å². The summed E-state index contributed by atoms with van der Waals surface area (Å²) in [5.74, 6) is -0.584. The van der Waals surface area contributed by atoms with Crippen LogP contribution in [0.3, 0.4) is 0 Å². The molecule has 1 aliphatic heterocycles. The number of carbonyl (C=O) groups is 1. The summed E-state index contributed by atoms with van der Waals surface area (Å²) >= 11 is 0. The highest BCUT2D eigenvalue weighted by Gasteiger charge is 2.49. The molecule has 26 heavy (non-hydrogen) atoms. The Morgan fingerprint density at radius 2 is 1.69 bits per heavy atom. The summed E-state index contributed by atoms with van der Waals surface area (Å²) in [7, 11) is 0.